The summed E-state index contributed by atoms with van der Waals surface area (Å²) < 4.78 is 0. The summed E-state index contributed by atoms with van der Waals surface area (Å²) >= 11 is 0. The molecular formula is C15H17N3. The van der Waals surface area contributed by atoms with E-state index in [4.69, 9.17) is 5.73 Å². The highest BCUT2D eigenvalue weighted by Crippen LogP contribution is 2.39. The smallest absolute Gasteiger partial charge is 0.161 e. The maximum absolute atomic E-state index is 5.89. The lowest BCUT2D eigenvalue weighted by Gasteiger charge is -2.07. The number of aromatic nitrogens is 2. The Morgan fingerprint density at radius 3 is 2.28 bits per heavy atom. The number of hydrogen-bond acceptors (Lipinski definition) is 3. The van der Waals surface area contributed by atoms with Crippen LogP contribution >= 0.6 is 0 Å². The van der Waals surface area contributed by atoms with E-state index >= 15 is 0 Å². The van der Waals surface area contributed by atoms with Crippen LogP contribution in [-0.4, -0.2) is 9.97 Å². The fourth-order valence-corrected chi connectivity index (χ4v) is 2.31. The Hall–Kier alpha value is -1.90. The Balaban J connectivity index is 2.09. The Labute approximate surface area is 107 Å². The third-order valence-electron chi connectivity index (χ3n) is 3.24. The first-order valence-corrected chi connectivity index (χ1v) is 6.35. The number of anilines is 1. The maximum Gasteiger partial charge on any atom is 0.161 e. The summed E-state index contributed by atoms with van der Waals surface area (Å²) in [6.45, 7) is 4.18. The summed E-state index contributed by atoms with van der Waals surface area (Å²) in [4.78, 5) is 9.02. The average Bonchev–Trinajstić information content (AvgIpc) is 3.10. The summed E-state index contributed by atoms with van der Waals surface area (Å²) in [5.74, 6) is 1.92. The van der Waals surface area contributed by atoms with Gasteiger partial charge in [0.05, 0.1) is 0 Å². The number of benzene rings is 1. The van der Waals surface area contributed by atoms with Gasteiger partial charge in [-0.25, -0.2) is 9.97 Å². The van der Waals surface area contributed by atoms with Gasteiger partial charge in [0.25, 0.3) is 0 Å². The van der Waals surface area contributed by atoms with E-state index < -0.39 is 0 Å². The molecule has 0 amide bonds. The van der Waals surface area contributed by atoms with Crippen LogP contribution in [0.3, 0.4) is 0 Å². The van der Waals surface area contributed by atoms with Crippen molar-refractivity contribution in [3.63, 3.8) is 0 Å². The first-order chi connectivity index (χ1) is 8.61. The standard InChI is InChI=1S/C15H17N3/c1-9-5-10(2)7-12(6-9)15-17-13(11-3-4-11)8-14(16)18-15/h5-8,11H,3-4H2,1-2H3,(H2,16,17,18). The predicted octanol–water partition coefficient (Wildman–Crippen LogP) is 3.22. The van der Waals surface area contributed by atoms with E-state index in [2.05, 4.69) is 42.0 Å². The van der Waals surface area contributed by atoms with Crippen LogP contribution in [0.25, 0.3) is 11.4 Å². The summed E-state index contributed by atoms with van der Waals surface area (Å²) in [7, 11) is 0. The first kappa shape index (κ1) is 11.2. The minimum Gasteiger partial charge on any atom is -0.384 e. The summed E-state index contributed by atoms with van der Waals surface area (Å²) in [5.41, 5.74) is 10.5. The monoisotopic (exact) mass is 239 g/mol. The molecule has 3 nitrogen and oxygen atoms in total. The number of nitrogen functional groups attached to an aromatic ring is 1. The summed E-state index contributed by atoms with van der Waals surface area (Å²) in [5, 5.41) is 0. The molecule has 1 aromatic heterocycles. The van der Waals surface area contributed by atoms with Gasteiger partial charge in [0.2, 0.25) is 0 Å². The lowest BCUT2D eigenvalue weighted by molar-refractivity contribution is 0.998. The molecule has 0 spiro atoms. The molecule has 3 rings (SSSR count). The van der Waals surface area contributed by atoms with Crippen LogP contribution in [0.2, 0.25) is 0 Å². The maximum atomic E-state index is 5.89. The summed E-state index contributed by atoms with van der Waals surface area (Å²) in [6, 6.07) is 8.28. The lowest BCUT2D eigenvalue weighted by atomic mass is 10.1. The Kier molecular flexibility index (Phi) is 2.54. The van der Waals surface area contributed by atoms with E-state index in [-0.39, 0.29) is 0 Å². The molecule has 0 saturated heterocycles. The number of nitrogens with two attached hydrogens (primary N) is 1. The molecule has 1 saturated carbocycles. The third-order valence-corrected chi connectivity index (χ3v) is 3.24. The van der Waals surface area contributed by atoms with Crippen molar-refractivity contribution in [2.45, 2.75) is 32.6 Å². The average molecular weight is 239 g/mol. The van der Waals surface area contributed by atoms with Gasteiger partial charge in [-0.3, -0.25) is 0 Å². The molecule has 0 unspecified atom stereocenters. The highest BCUT2D eigenvalue weighted by Gasteiger charge is 2.26. The molecule has 92 valence electrons. The van der Waals surface area contributed by atoms with Crippen molar-refractivity contribution < 1.29 is 0 Å². The van der Waals surface area contributed by atoms with Gasteiger partial charge in [-0.15, -0.1) is 0 Å². The van der Waals surface area contributed by atoms with Crippen LogP contribution in [0, 0.1) is 13.8 Å². The van der Waals surface area contributed by atoms with Gasteiger partial charge in [-0.05, 0) is 38.8 Å². The van der Waals surface area contributed by atoms with Gasteiger partial charge < -0.3 is 5.73 Å². The molecule has 1 aromatic carbocycles. The zero-order valence-corrected chi connectivity index (χ0v) is 10.8. The quantitative estimate of drug-likeness (QED) is 0.875. The molecule has 18 heavy (non-hydrogen) atoms. The molecule has 3 heteroatoms. The molecule has 1 fully saturated rings. The fraction of sp³-hybridized carbons (Fsp3) is 0.333. The van der Waals surface area contributed by atoms with Crippen molar-refractivity contribution >= 4 is 5.82 Å². The van der Waals surface area contributed by atoms with Crippen molar-refractivity contribution in [1.82, 2.24) is 9.97 Å². The second-order valence-corrected chi connectivity index (χ2v) is 5.19. The molecule has 1 heterocycles. The number of nitrogens with zero attached hydrogens (tertiary/aromatic N) is 2. The number of aryl methyl sites for hydroxylation is 2. The first-order valence-electron chi connectivity index (χ1n) is 6.35. The van der Waals surface area contributed by atoms with Gasteiger partial charge in [0.15, 0.2) is 5.82 Å². The zero-order valence-electron chi connectivity index (χ0n) is 10.8. The van der Waals surface area contributed by atoms with E-state index in [1.807, 2.05) is 6.07 Å². The molecule has 2 aromatic rings. The van der Waals surface area contributed by atoms with Crippen molar-refractivity contribution in [2.75, 3.05) is 5.73 Å². The molecule has 0 atom stereocenters. The number of hydrogen-bond donors (Lipinski definition) is 1. The molecule has 1 aliphatic carbocycles. The highest BCUT2D eigenvalue weighted by molar-refractivity contribution is 5.59. The van der Waals surface area contributed by atoms with E-state index in [9.17, 15) is 0 Å². The molecule has 0 radical (unpaired) electrons. The van der Waals surface area contributed by atoms with E-state index in [0.717, 1.165) is 17.1 Å². The van der Waals surface area contributed by atoms with E-state index in [1.165, 1.54) is 24.0 Å². The third kappa shape index (κ3) is 2.21. The van der Waals surface area contributed by atoms with Crippen LogP contribution in [0.5, 0.6) is 0 Å². The van der Waals surface area contributed by atoms with Gasteiger partial charge in [-0.1, -0.05) is 17.2 Å². The van der Waals surface area contributed by atoms with Gasteiger partial charge >= 0.3 is 0 Å². The lowest BCUT2D eigenvalue weighted by Crippen LogP contribution is -2.00. The predicted molar refractivity (Wildman–Crippen MR) is 73.3 cm³/mol. The topological polar surface area (TPSA) is 51.8 Å². The highest BCUT2D eigenvalue weighted by atomic mass is 15.0. The van der Waals surface area contributed by atoms with Crippen molar-refractivity contribution in [2.24, 2.45) is 0 Å². The Bertz CT molecular complexity index is 580. The van der Waals surface area contributed by atoms with Crippen LogP contribution < -0.4 is 5.73 Å². The van der Waals surface area contributed by atoms with Crippen LogP contribution in [-0.2, 0) is 0 Å². The fourth-order valence-electron chi connectivity index (χ4n) is 2.31. The Morgan fingerprint density at radius 2 is 1.67 bits per heavy atom. The molecule has 2 N–H and O–H groups in total. The van der Waals surface area contributed by atoms with Gasteiger partial charge in [-0.2, -0.15) is 0 Å². The molecule has 0 aliphatic heterocycles. The molecule has 1 aliphatic rings. The van der Waals surface area contributed by atoms with Gasteiger partial charge in [0.1, 0.15) is 5.82 Å². The normalized spacial score (nSPS) is 14.8. The van der Waals surface area contributed by atoms with Crippen molar-refractivity contribution in [1.29, 1.82) is 0 Å². The number of rotatable bonds is 2. The second-order valence-electron chi connectivity index (χ2n) is 5.19. The van der Waals surface area contributed by atoms with Crippen molar-refractivity contribution in [3.8, 4) is 11.4 Å². The van der Waals surface area contributed by atoms with Crippen LogP contribution in [0.15, 0.2) is 24.3 Å². The molecule has 0 bridgehead atoms. The van der Waals surface area contributed by atoms with Crippen LogP contribution in [0.4, 0.5) is 5.82 Å². The second kappa shape index (κ2) is 4.09. The van der Waals surface area contributed by atoms with E-state index in [0.29, 0.717) is 11.7 Å². The minimum atomic E-state index is 0.570. The summed E-state index contributed by atoms with van der Waals surface area (Å²) in [6.07, 6.45) is 2.45. The van der Waals surface area contributed by atoms with E-state index in [1.54, 1.807) is 0 Å². The molecular weight excluding hydrogens is 222 g/mol. The minimum absolute atomic E-state index is 0.570. The zero-order chi connectivity index (χ0) is 12.7. The SMILES string of the molecule is Cc1cc(C)cc(-c2nc(N)cc(C3CC3)n2)c1. The Morgan fingerprint density at radius 1 is 1.00 bits per heavy atom. The van der Waals surface area contributed by atoms with Gasteiger partial charge in [0, 0.05) is 23.2 Å². The largest absolute Gasteiger partial charge is 0.384 e. The van der Waals surface area contributed by atoms with Crippen LogP contribution in [0.1, 0.15) is 35.6 Å². The van der Waals surface area contributed by atoms with Crippen molar-refractivity contribution in [3.05, 3.63) is 41.1 Å².